The Kier molecular flexibility index (Phi) is 6.15. The van der Waals surface area contributed by atoms with Gasteiger partial charge in [-0.05, 0) is 43.2 Å². The number of likely N-dealkylation sites (tertiary alicyclic amines) is 1. The van der Waals surface area contributed by atoms with Gasteiger partial charge in [0.15, 0.2) is 0 Å². The maximum absolute atomic E-state index is 13.3. The van der Waals surface area contributed by atoms with Crippen molar-refractivity contribution in [2.45, 2.75) is 18.8 Å². The van der Waals surface area contributed by atoms with E-state index in [9.17, 15) is 4.79 Å². The van der Waals surface area contributed by atoms with Crippen molar-refractivity contribution in [1.82, 2.24) is 29.6 Å². The van der Waals surface area contributed by atoms with Gasteiger partial charge >= 0.3 is 0 Å². The van der Waals surface area contributed by atoms with E-state index in [0.717, 1.165) is 24.2 Å². The lowest BCUT2D eigenvalue weighted by molar-refractivity contribution is 0.0705. The Bertz CT molecular complexity index is 1280. The van der Waals surface area contributed by atoms with Crippen LogP contribution in [0.4, 0.5) is 0 Å². The summed E-state index contributed by atoms with van der Waals surface area (Å²) in [6.07, 6.45) is 8.39. The minimum Gasteiger partial charge on any atom is -0.497 e. The van der Waals surface area contributed by atoms with Crippen LogP contribution in [0.25, 0.3) is 5.69 Å². The van der Waals surface area contributed by atoms with Crippen LogP contribution in [0.5, 0.6) is 17.4 Å². The predicted octanol–water partition coefficient (Wildman–Crippen LogP) is 3.88. The minimum absolute atomic E-state index is 0.00336. The molecule has 0 spiro atoms. The first-order valence-electron chi connectivity index (χ1n) is 11.1. The third kappa shape index (κ3) is 4.73. The van der Waals surface area contributed by atoms with Crippen molar-refractivity contribution in [3.8, 4) is 23.1 Å². The van der Waals surface area contributed by atoms with Gasteiger partial charge in [0.2, 0.25) is 5.88 Å². The van der Waals surface area contributed by atoms with Crippen LogP contribution < -0.4 is 9.47 Å². The van der Waals surface area contributed by atoms with Gasteiger partial charge in [0, 0.05) is 42.5 Å². The van der Waals surface area contributed by atoms with Crippen molar-refractivity contribution in [2.24, 2.45) is 0 Å². The quantitative estimate of drug-likeness (QED) is 0.434. The molecule has 1 aliphatic rings. The predicted molar refractivity (Wildman–Crippen MR) is 124 cm³/mol. The summed E-state index contributed by atoms with van der Waals surface area (Å²) in [5.41, 5.74) is 2.29. The molecule has 0 bridgehead atoms. The molecule has 0 saturated carbocycles. The van der Waals surface area contributed by atoms with Crippen molar-refractivity contribution in [3.63, 3.8) is 0 Å². The minimum atomic E-state index is -0.00336. The van der Waals surface area contributed by atoms with E-state index in [1.54, 1.807) is 42.8 Å². The summed E-state index contributed by atoms with van der Waals surface area (Å²) in [6.45, 7) is 1.28. The fraction of sp³-hybridized carbons (Fsp3) is 0.240. The molecule has 2 aromatic heterocycles. The summed E-state index contributed by atoms with van der Waals surface area (Å²) in [5, 5.41) is 7.67. The van der Waals surface area contributed by atoms with Gasteiger partial charge < -0.3 is 14.4 Å². The van der Waals surface area contributed by atoms with Gasteiger partial charge in [-0.1, -0.05) is 12.1 Å². The van der Waals surface area contributed by atoms with E-state index in [1.165, 1.54) is 0 Å². The number of hydrogen-bond donors (Lipinski definition) is 0. The molecule has 9 heteroatoms. The molecule has 1 amide bonds. The topological polar surface area (TPSA) is 95.3 Å². The van der Waals surface area contributed by atoms with Crippen LogP contribution in [-0.2, 0) is 0 Å². The molecule has 5 rings (SSSR count). The summed E-state index contributed by atoms with van der Waals surface area (Å²) in [7, 11) is 1.61. The number of aromatic nitrogens is 5. The monoisotopic (exact) mass is 456 g/mol. The smallest absolute Gasteiger partial charge is 0.253 e. The highest BCUT2D eigenvalue weighted by Crippen LogP contribution is 2.29. The van der Waals surface area contributed by atoms with Gasteiger partial charge in [0.05, 0.1) is 19.0 Å². The third-order valence-electron chi connectivity index (χ3n) is 5.83. The number of benzene rings is 2. The van der Waals surface area contributed by atoms with E-state index >= 15 is 0 Å². The van der Waals surface area contributed by atoms with Crippen LogP contribution in [0, 0.1) is 0 Å². The second-order valence-corrected chi connectivity index (χ2v) is 8.07. The second kappa shape index (κ2) is 9.70. The number of methoxy groups -OCH3 is 1. The Morgan fingerprint density at radius 2 is 1.85 bits per heavy atom. The molecule has 2 aromatic carbocycles. The molecule has 1 fully saturated rings. The molecular weight excluding hydrogens is 432 g/mol. The highest BCUT2D eigenvalue weighted by molar-refractivity contribution is 5.94. The summed E-state index contributed by atoms with van der Waals surface area (Å²) >= 11 is 0. The van der Waals surface area contributed by atoms with E-state index < -0.39 is 0 Å². The molecule has 3 heterocycles. The first-order valence-corrected chi connectivity index (χ1v) is 11.1. The van der Waals surface area contributed by atoms with Gasteiger partial charge in [-0.15, -0.1) is 10.2 Å². The standard InChI is InChI=1S/C25H24N6O3/c1-33-21-8-3-9-22(12-21)34-24-14-26-13-23(29-24)19-6-4-10-30(15-19)25(32)18-5-2-7-20(11-18)31-16-27-28-17-31/h2-3,5,7-9,11-14,16-17,19H,4,6,10,15H2,1H3. The van der Waals surface area contributed by atoms with E-state index in [1.807, 2.05) is 47.4 Å². The Hall–Kier alpha value is -4.27. The first kappa shape index (κ1) is 21.6. The van der Waals surface area contributed by atoms with Gasteiger partial charge in [-0.25, -0.2) is 4.98 Å². The summed E-state index contributed by atoms with van der Waals surface area (Å²) in [6, 6.07) is 14.8. The van der Waals surface area contributed by atoms with Crippen LogP contribution >= 0.6 is 0 Å². The summed E-state index contributed by atoms with van der Waals surface area (Å²) in [4.78, 5) is 24.2. The largest absolute Gasteiger partial charge is 0.497 e. The average Bonchev–Trinajstić information content (AvgIpc) is 3.44. The molecule has 0 N–H and O–H groups in total. The second-order valence-electron chi connectivity index (χ2n) is 8.07. The van der Waals surface area contributed by atoms with Gasteiger partial charge in [0.25, 0.3) is 5.91 Å². The number of carbonyl (C=O) groups excluding carboxylic acids is 1. The first-order chi connectivity index (χ1) is 16.7. The Balaban J connectivity index is 1.30. The number of hydrogen-bond acceptors (Lipinski definition) is 7. The highest BCUT2D eigenvalue weighted by Gasteiger charge is 2.27. The maximum atomic E-state index is 13.3. The zero-order valence-corrected chi connectivity index (χ0v) is 18.7. The van der Waals surface area contributed by atoms with Crippen LogP contribution in [0.2, 0.25) is 0 Å². The molecule has 9 nitrogen and oxygen atoms in total. The molecule has 1 unspecified atom stereocenters. The fourth-order valence-electron chi connectivity index (χ4n) is 4.11. The van der Waals surface area contributed by atoms with E-state index in [4.69, 9.17) is 9.47 Å². The van der Waals surface area contributed by atoms with Crippen molar-refractivity contribution in [3.05, 3.63) is 84.8 Å². The molecule has 1 saturated heterocycles. The Morgan fingerprint density at radius 3 is 2.71 bits per heavy atom. The summed E-state index contributed by atoms with van der Waals surface area (Å²) < 4.78 is 12.9. The van der Waals surface area contributed by atoms with Crippen LogP contribution in [0.3, 0.4) is 0 Å². The molecular formula is C25H24N6O3. The molecule has 0 radical (unpaired) electrons. The van der Waals surface area contributed by atoms with Crippen molar-refractivity contribution in [2.75, 3.05) is 20.2 Å². The zero-order chi connectivity index (χ0) is 23.3. The Morgan fingerprint density at radius 1 is 1.03 bits per heavy atom. The number of ether oxygens (including phenoxy) is 2. The Labute approximate surface area is 197 Å². The fourth-order valence-corrected chi connectivity index (χ4v) is 4.11. The van der Waals surface area contributed by atoms with Crippen molar-refractivity contribution in [1.29, 1.82) is 0 Å². The van der Waals surface area contributed by atoms with E-state index in [2.05, 4.69) is 20.2 Å². The van der Waals surface area contributed by atoms with Gasteiger partial charge in [-0.3, -0.25) is 14.3 Å². The van der Waals surface area contributed by atoms with Gasteiger partial charge in [0.1, 0.15) is 24.2 Å². The van der Waals surface area contributed by atoms with Crippen molar-refractivity contribution < 1.29 is 14.3 Å². The molecule has 34 heavy (non-hydrogen) atoms. The molecule has 172 valence electrons. The number of amides is 1. The average molecular weight is 457 g/mol. The van der Waals surface area contributed by atoms with Gasteiger partial charge in [-0.2, -0.15) is 0 Å². The molecule has 1 aliphatic heterocycles. The number of nitrogens with zero attached hydrogens (tertiary/aromatic N) is 6. The zero-order valence-electron chi connectivity index (χ0n) is 18.7. The normalized spacial score (nSPS) is 15.7. The van der Waals surface area contributed by atoms with Crippen LogP contribution in [0.15, 0.2) is 73.6 Å². The highest BCUT2D eigenvalue weighted by atomic mass is 16.5. The molecule has 4 aromatic rings. The van der Waals surface area contributed by atoms with Crippen molar-refractivity contribution >= 4 is 5.91 Å². The maximum Gasteiger partial charge on any atom is 0.253 e. The lowest BCUT2D eigenvalue weighted by Gasteiger charge is -2.32. The molecule has 1 atom stereocenters. The summed E-state index contributed by atoms with van der Waals surface area (Å²) in [5.74, 6) is 1.82. The number of carbonyl (C=O) groups is 1. The lowest BCUT2D eigenvalue weighted by Crippen LogP contribution is -2.39. The molecule has 0 aliphatic carbocycles. The van der Waals surface area contributed by atoms with Crippen LogP contribution in [0.1, 0.15) is 34.8 Å². The van der Waals surface area contributed by atoms with E-state index in [-0.39, 0.29) is 11.8 Å². The third-order valence-corrected chi connectivity index (χ3v) is 5.83. The number of rotatable bonds is 6. The lowest BCUT2D eigenvalue weighted by atomic mass is 9.94. The van der Waals surface area contributed by atoms with Crippen LogP contribution in [-0.4, -0.2) is 55.7 Å². The SMILES string of the molecule is COc1cccc(Oc2cncc(C3CCCN(C(=O)c4cccc(-n5cnnc5)c4)C3)n2)c1. The number of piperidine rings is 1. The van der Waals surface area contributed by atoms with E-state index in [0.29, 0.717) is 36.0 Å².